The Morgan fingerprint density at radius 3 is 2.88 bits per heavy atom. The van der Waals surface area contributed by atoms with Crippen LogP contribution in [0.5, 0.6) is 0 Å². The Labute approximate surface area is 110 Å². The number of nitrogens with one attached hydrogen (secondary N) is 1. The smallest absolute Gasteiger partial charge is 0.0929 e. The number of halogens is 2. The third-order valence-electron chi connectivity index (χ3n) is 2.14. The number of aliphatic hydroxyl groups excluding tert-OH is 1. The molecule has 0 aliphatic carbocycles. The molecule has 1 aromatic rings. The molecule has 0 aromatic heterocycles. The maximum atomic E-state index is 9.91. The summed E-state index contributed by atoms with van der Waals surface area (Å²) in [7, 11) is 0. The fourth-order valence-electron chi connectivity index (χ4n) is 1.29. The second-order valence-electron chi connectivity index (χ2n) is 3.38. The average Bonchev–Trinajstić information content (AvgIpc) is 2.27. The van der Waals surface area contributed by atoms with Crippen LogP contribution in [0.4, 0.5) is 0 Å². The summed E-state index contributed by atoms with van der Waals surface area (Å²) >= 11 is 13.6. The number of aliphatic hydroxyl groups is 1. The topological polar surface area (TPSA) is 32.3 Å². The van der Waals surface area contributed by atoms with E-state index >= 15 is 0 Å². The van der Waals surface area contributed by atoms with Crippen LogP contribution in [-0.4, -0.2) is 30.2 Å². The SMILES string of the molecule is CSCCNCC(O)c1cc(Cl)ccc1Cl. The van der Waals surface area contributed by atoms with E-state index in [0.717, 1.165) is 12.3 Å². The van der Waals surface area contributed by atoms with Crippen LogP contribution in [0.15, 0.2) is 18.2 Å². The lowest BCUT2D eigenvalue weighted by molar-refractivity contribution is 0.176. The van der Waals surface area contributed by atoms with Crippen molar-refractivity contribution in [3.8, 4) is 0 Å². The zero-order valence-electron chi connectivity index (χ0n) is 9.04. The molecule has 0 aliphatic rings. The molecule has 0 bridgehead atoms. The molecule has 1 aromatic carbocycles. The van der Waals surface area contributed by atoms with Gasteiger partial charge in [0.2, 0.25) is 0 Å². The van der Waals surface area contributed by atoms with Crippen LogP contribution in [0.2, 0.25) is 10.0 Å². The molecule has 1 atom stereocenters. The van der Waals surface area contributed by atoms with E-state index in [1.165, 1.54) is 0 Å². The number of hydrogen-bond donors (Lipinski definition) is 2. The molecule has 0 fully saturated rings. The van der Waals surface area contributed by atoms with E-state index in [-0.39, 0.29) is 0 Å². The van der Waals surface area contributed by atoms with Crippen molar-refractivity contribution >= 4 is 35.0 Å². The Bertz CT molecular complexity index is 336. The van der Waals surface area contributed by atoms with Gasteiger partial charge in [0.05, 0.1) is 6.10 Å². The second-order valence-corrected chi connectivity index (χ2v) is 5.21. The first-order valence-electron chi connectivity index (χ1n) is 4.98. The summed E-state index contributed by atoms with van der Waals surface area (Å²) in [5.74, 6) is 1.02. The Balaban J connectivity index is 2.51. The van der Waals surface area contributed by atoms with Crippen LogP contribution in [-0.2, 0) is 0 Å². The molecule has 0 amide bonds. The van der Waals surface area contributed by atoms with Crippen molar-refractivity contribution in [1.82, 2.24) is 5.32 Å². The van der Waals surface area contributed by atoms with Gasteiger partial charge in [0.1, 0.15) is 0 Å². The van der Waals surface area contributed by atoms with Gasteiger partial charge in [0.15, 0.2) is 0 Å². The summed E-state index contributed by atoms with van der Waals surface area (Å²) < 4.78 is 0. The van der Waals surface area contributed by atoms with Gasteiger partial charge in [0, 0.05) is 34.5 Å². The summed E-state index contributed by atoms with van der Waals surface area (Å²) in [6.45, 7) is 1.36. The number of benzene rings is 1. The van der Waals surface area contributed by atoms with Gasteiger partial charge in [-0.15, -0.1) is 0 Å². The van der Waals surface area contributed by atoms with Crippen LogP contribution in [0.1, 0.15) is 11.7 Å². The Morgan fingerprint density at radius 2 is 2.19 bits per heavy atom. The number of rotatable bonds is 6. The average molecular weight is 280 g/mol. The summed E-state index contributed by atoms with van der Waals surface area (Å²) in [5, 5.41) is 14.2. The molecular formula is C11H15Cl2NOS. The molecule has 16 heavy (non-hydrogen) atoms. The molecule has 0 spiro atoms. The molecule has 2 N–H and O–H groups in total. The van der Waals surface area contributed by atoms with Crippen molar-refractivity contribution in [3.05, 3.63) is 33.8 Å². The Hall–Kier alpha value is 0.0700. The van der Waals surface area contributed by atoms with Crippen molar-refractivity contribution in [2.24, 2.45) is 0 Å². The fraction of sp³-hybridized carbons (Fsp3) is 0.455. The van der Waals surface area contributed by atoms with Crippen molar-refractivity contribution in [1.29, 1.82) is 0 Å². The first-order valence-corrected chi connectivity index (χ1v) is 7.12. The Morgan fingerprint density at radius 1 is 1.44 bits per heavy atom. The minimum Gasteiger partial charge on any atom is -0.387 e. The van der Waals surface area contributed by atoms with Gasteiger partial charge in [-0.2, -0.15) is 11.8 Å². The normalized spacial score (nSPS) is 12.8. The van der Waals surface area contributed by atoms with Gasteiger partial charge in [0.25, 0.3) is 0 Å². The number of thioether (sulfide) groups is 1. The predicted molar refractivity (Wildman–Crippen MR) is 72.7 cm³/mol. The summed E-state index contributed by atoms with van der Waals surface area (Å²) in [5.41, 5.74) is 0.672. The van der Waals surface area contributed by atoms with E-state index in [4.69, 9.17) is 23.2 Å². The van der Waals surface area contributed by atoms with E-state index in [9.17, 15) is 5.11 Å². The highest BCUT2D eigenvalue weighted by molar-refractivity contribution is 7.98. The minimum absolute atomic E-state index is 0.487. The van der Waals surface area contributed by atoms with Gasteiger partial charge in [-0.1, -0.05) is 23.2 Å². The Kier molecular flexibility index (Phi) is 6.54. The van der Waals surface area contributed by atoms with Gasteiger partial charge >= 0.3 is 0 Å². The predicted octanol–water partition coefficient (Wildman–Crippen LogP) is 2.98. The molecule has 2 nitrogen and oxygen atoms in total. The summed E-state index contributed by atoms with van der Waals surface area (Å²) in [4.78, 5) is 0. The number of hydrogen-bond acceptors (Lipinski definition) is 3. The van der Waals surface area contributed by atoms with E-state index in [1.54, 1.807) is 30.0 Å². The highest BCUT2D eigenvalue weighted by Crippen LogP contribution is 2.25. The van der Waals surface area contributed by atoms with Crippen molar-refractivity contribution in [3.63, 3.8) is 0 Å². The van der Waals surface area contributed by atoms with E-state index in [1.807, 2.05) is 6.26 Å². The molecule has 0 aliphatic heterocycles. The second kappa shape index (κ2) is 7.41. The lowest BCUT2D eigenvalue weighted by atomic mass is 10.1. The quantitative estimate of drug-likeness (QED) is 0.786. The third kappa shape index (κ3) is 4.52. The fourth-order valence-corrected chi connectivity index (χ4v) is 2.07. The molecular weight excluding hydrogens is 265 g/mol. The first kappa shape index (κ1) is 14.1. The molecule has 1 unspecified atom stereocenters. The third-order valence-corrected chi connectivity index (χ3v) is 3.33. The van der Waals surface area contributed by atoms with Crippen molar-refractivity contribution < 1.29 is 5.11 Å². The van der Waals surface area contributed by atoms with Crippen LogP contribution >= 0.6 is 35.0 Å². The van der Waals surface area contributed by atoms with Crippen LogP contribution < -0.4 is 5.32 Å². The lowest BCUT2D eigenvalue weighted by Crippen LogP contribution is -2.23. The maximum Gasteiger partial charge on any atom is 0.0929 e. The van der Waals surface area contributed by atoms with E-state index in [0.29, 0.717) is 22.2 Å². The molecule has 5 heteroatoms. The van der Waals surface area contributed by atoms with Gasteiger partial charge < -0.3 is 10.4 Å². The molecule has 90 valence electrons. The van der Waals surface area contributed by atoms with Crippen LogP contribution in [0.3, 0.4) is 0 Å². The highest BCUT2D eigenvalue weighted by Gasteiger charge is 2.11. The maximum absolute atomic E-state index is 9.91. The monoisotopic (exact) mass is 279 g/mol. The summed E-state index contributed by atoms with van der Waals surface area (Å²) in [6, 6.07) is 5.11. The first-order chi connectivity index (χ1) is 7.65. The van der Waals surface area contributed by atoms with Crippen LogP contribution in [0.25, 0.3) is 0 Å². The lowest BCUT2D eigenvalue weighted by Gasteiger charge is -2.13. The minimum atomic E-state index is -0.618. The molecule has 0 saturated carbocycles. The van der Waals surface area contributed by atoms with E-state index in [2.05, 4.69) is 5.32 Å². The van der Waals surface area contributed by atoms with Crippen molar-refractivity contribution in [2.45, 2.75) is 6.10 Å². The largest absolute Gasteiger partial charge is 0.387 e. The van der Waals surface area contributed by atoms with Crippen molar-refractivity contribution in [2.75, 3.05) is 25.1 Å². The summed E-state index contributed by atoms with van der Waals surface area (Å²) in [6.07, 6.45) is 1.43. The zero-order valence-corrected chi connectivity index (χ0v) is 11.4. The molecule has 0 saturated heterocycles. The van der Waals surface area contributed by atoms with E-state index < -0.39 is 6.10 Å². The van der Waals surface area contributed by atoms with Crippen LogP contribution in [0, 0.1) is 0 Å². The van der Waals surface area contributed by atoms with Gasteiger partial charge in [-0.05, 0) is 24.5 Å². The highest BCUT2D eigenvalue weighted by atomic mass is 35.5. The standard InChI is InChI=1S/C11H15Cl2NOS/c1-16-5-4-14-7-11(15)9-6-8(12)2-3-10(9)13/h2-3,6,11,14-15H,4-5,7H2,1H3. The molecule has 1 rings (SSSR count). The molecule has 0 heterocycles. The van der Waals surface area contributed by atoms with Gasteiger partial charge in [-0.25, -0.2) is 0 Å². The van der Waals surface area contributed by atoms with Gasteiger partial charge in [-0.3, -0.25) is 0 Å². The molecule has 0 radical (unpaired) electrons. The zero-order chi connectivity index (χ0) is 12.0.